The molecule has 0 atom stereocenters. The van der Waals surface area contributed by atoms with Crippen molar-refractivity contribution in [2.45, 2.75) is 6.92 Å². The van der Waals surface area contributed by atoms with Crippen molar-refractivity contribution < 1.29 is 14.8 Å². The highest BCUT2D eigenvalue weighted by atomic mass is 16.6. The Morgan fingerprint density at radius 3 is 2.55 bits per heavy atom. The van der Waals surface area contributed by atoms with Crippen LogP contribution in [0, 0.1) is 17.0 Å². The largest absolute Gasteiger partial charge is 0.476 e. The molecule has 3 rings (SSSR count). The quantitative estimate of drug-likeness (QED) is 0.592. The van der Waals surface area contributed by atoms with Crippen molar-refractivity contribution in [2.75, 3.05) is 0 Å². The summed E-state index contributed by atoms with van der Waals surface area (Å²) in [4.78, 5) is 26.2. The summed E-state index contributed by atoms with van der Waals surface area (Å²) in [5, 5.41) is 20.2. The summed E-state index contributed by atoms with van der Waals surface area (Å²) in [6.07, 6.45) is 1.63. The zero-order valence-electron chi connectivity index (χ0n) is 11.6. The molecule has 22 heavy (non-hydrogen) atoms. The molecule has 0 radical (unpaired) electrons. The fourth-order valence-corrected chi connectivity index (χ4v) is 2.35. The van der Waals surface area contributed by atoms with Gasteiger partial charge in [-0.2, -0.15) is 0 Å². The van der Waals surface area contributed by atoms with E-state index in [0.29, 0.717) is 11.2 Å². The van der Waals surface area contributed by atoms with E-state index < -0.39 is 10.9 Å². The van der Waals surface area contributed by atoms with Gasteiger partial charge in [-0.1, -0.05) is 6.07 Å². The lowest BCUT2D eigenvalue weighted by Gasteiger charge is -2.00. The number of carboxylic acid groups (broad SMARTS) is 1. The van der Waals surface area contributed by atoms with Gasteiger partial charge in [-0.05, 0) is 30.7 Å². The number of hydrogen-bond acceptors (Lipinski definition) is 4. The van der Waals surface area contributed by atoms with E-state index in [9.17, 15) is 20.0 Å². The van der Waals surface area contributed by atoms with Crippen molar-refractivity contribution in [3.63, 3.8) is 0 Å². The summed E-state index contributed by atoms with van der Waals surface area (Å²) in [7, 11) is 0. The van der Waals surface area contributed by atoms with Crippen molar-refractivity contribution in [1.29, 1.82) is 0 Å². The second-order valence-electron chi connectivity index (χ2n) is 4.80. The lowest BCUT2D eigenvalue weighted by molar-refractivity contribution is -0.384. The van der Waals surface area contributed by atoms with E-state index in [-0.39, 0.29) is 17.1 Å². The number of rotatable bonds is 3. The van der Waals surface area contributed by atoms with Crippen LogP contribution in [0.3, 0.4) is 0 Å². The third-order valence-electron chi connectivity index (χ3n) is 3.40. The minimum absolute atomic E-state index is 0.0348. The number of non-ortho nitro benzene ring substituents is 1. The SMILES string of the molecule is Cc1cccn2c(C(=O)O)c(-c3ccc([N+](=O)[O-])cc3)nc12. The van der Waals surface area contributed by atoms with E-state index in [1.54, 1.807) is 12.3 Å². The number of hydrogen-bond donors (Lipinski definition) is 1. The van der Waals surface area contributed by atoms with Gasteiger partial charge in [-0.3, -0.25) is 14.5 Å². The number of carboxylic acids is 1. The van der Waals surface area contributed by atoms with Crippen LogP contribution >= 0.6 is 0 Å². The van der Waals surface area contributed by atoms with Crippen molar-refractivity contribution >= 4 is 17.3 Å². The third-order valence-corrected chi connectivity index (χ3v) is 3.40. The number of benzene rings is 1. The third kappa shape index (κ3) is 2.08. The predicted molar refractivity (Wildman–Crippen MR) is 79.0 cm³/mol. The fraction of sp³-hybridized carbons (Fsp3) is 0.0667. The normalized spacial score (nSPS) is 10.8. The topological polar surface area (TPSA) is 97.7 Å². The van der Waals surface area contributed by atoms with Gasteiger partial charge in [-0.15, -0.1) is 0 Å². The maximum atomic E-state index is 11.6. The number of aromatic carboxylic acids is 1. The number of carbonyl (C=O) groups is 1. The van der Waals surface area contributed by atoms with Gasteiger partial charge in [0, 0.05) is 23.9 Å². The van der Waals surface area contributed by atoms with E-state index in [0.717, 1.165) is 5.56 Å². The van der Waals surface area contributed by atoms with Crippen LogP contribution in [0.15, 0.2) is 42.6 Å². The molecule has 0 saturated heterocycles. The summed E-state index contributed by atoms with van der Waals surface area (Å²) < 4.78 is 1.51. The van der Waals surface area contributed by atoms with Gasteiger partial charge >= 0.3 is 5.97 Å². The zero-order valence-corrected chi connectivity index (χ0v) is 11.6. The molecule has 0 bridgehead atoms. The summed E-state index contributed by atoms with van der Waals surface area (Å²) in [6.45, 7) is 1.84. The molecule has 7 nitrogen and oxygen atoms in total. The summed E-state index contributed by atoms with van der Waals surface area (Å²) >= 11 is 0. The second-order valence-corrected chi connectivity index (χ2v) is 4.80. The van der Waals surface area contributed by atoms with Crippen LogP contribution in [0.25, 0.3) is 16.9 Å². The number of nitro benzene ring substituents is 1. The molecule has 7 heteroatoms. The standard InChI is InChI=1S/C15H11N3O4/c1-9-3-2-8-17-13(15(19)20)12(16-14(9)17)10-4-6-11(7-5-10)18(21)22/h2-8H,1H3,(H,19,20). The number of aryl methyl sites for hydroxylation is 1. The van der Waals surface area contributed by atoms with Crippen LogP contribution < -0.4 is 0 Å². The van der Waals surface area contributed by atoms with Gasteiger partial charge in [0.2, 0.25) is 0 Å². The first-order valence-electron chi connectivity index (χ1n) is 6.45. The smallest absolute Gasteiger partial charge is 0.355 e. The van der Waals surface area contributed by atoms with Gasteiger partial charge in [0.15, 0.2) is 5.69 Å². The highest BCUT2D eigenvalue weighted by Gasteiger charge is 2.21. The van der Waals surface area contributed by atoms with Crippen molar-refractivity contribution in [1.82, 2.24) is 9.38 Å². The Hall–Kier alpha value is -3.22. The second kappa shape index (κ2) is 4.96. The molecular formula is C15H11N3O4. The molecule has 3 aromatic rings. The van der Waals surface area contributed by atoms with E-state index in [2.05, 4.69) is 4.98 Å². The number of fused-ring (bicyclic) bond motifs is 1. The van der Waals surface area contributed by atoms with Crippen LogP contribution in [0.2, 0.25) is 0 Å². The molecule has 0 spiro atoms. The Labute approximate surface area is 124 Å². The van der Waals surface area contributed by atoms with E-state index in [4.69, 9.17) is 0 Å². The van der Waals surface area contributed by atoms with E-state index in [1.807, 2.05) is 13.0 Å². The first-order chi connectivity index (χ1) is 10.5. The Balaban J connectivity index is 2.26. The molecule has 0 unspecified atom stereocenters. The van der Waals surface area contributed by atoms with Crippen LogP contribution in [0.4, 0.5) is 5.69 Å². The Morgan fingerprint density at radius 2 is 1.95 bits per heavy atom. The summed E-state index contributed by atoms with van der Waals surface area (Å²) in [5.74, 6) is -1.11. The molecule has 2 heterocycles. The molecule has 0 aliphatic heterocycles. The average Bonchev–Trinajstić information content (AvgIpc) is 2.88. The van der Waals surface area contributed by atoms with Gasteiger partial charge in [-0.25, -0.2) is 9.78 Å². The van der Waals surface area contributed by atoms with Crippen LogP contribution in [-0.4, -0.2) is 25.4 Å². The van der Waals surface area contributed by atoms with Crippen LogP contribution in [-0.2, 0) is 0 Å². The lowest BCUT2D eigenvalue weighted by atomic mass is 10.1. The molecule has 2 aromatic heterocycles. The van der Waals surface area contributed by atoms with Crippen LogP contribution in [0.5, 0.6) is 0 Å². The molecule has 1 N–H and O–H groups in total. The van der Waals surface area contributed by atoms with Crippen LogP contribution in [0.1, 0.15) is 16.1 Å². The zero-order chi connectivity index (χ0) is 15.9. The summed E-state index contributed by atoms with van der Waals surface area (Å²) in [5.41, 5.74) is 2.18. The minimum Gasteiger partial charge on any atom is -0.476 e. The monoisotopic (exact) mass is 297 g/mol. The van der Waals surface area contributed by atoms with Crippen molar-refractivity contribution in [3.8, 4) is 11.3 Å². The highest BCUT2D eigenvalue weighted by molar-refractivity contribution is 5.95. The number of pyridine rings is 1. The van der Waals surface area contributed by atoms with Gasteiger partial charge in [0.1, 0.15) is 11.3 Å². The number of aromatic nitrogens is 2. The number of imidazole rings is 1. The van der Waals surface area contributed by atoms with Gasteiger partial charge in [0.25, 0.3) is 5.69 Å². The Bertz CT molecular complexity index is 897. The highest BCUT2D eigenvalue weighted by Crippen LogP contribution is 2.27. The van der Waals surface area contributed by atoms with Crippen molar-refractivity contribution in [2.24, 2.45) is 0 Å². The molecule has 0 saturated carbocycles. The lowest BCUT2D eigenvalue weighted by Crippen LogP contribution is -2.03. The molecular weight excluding hydrogens is 286 g/mol. The molecule has 0 fully saturated rings. The van der Waals surface area contributed by atoms with Gasteiger partial charge < -0.3 is 5.11 Å². The van der Waals surface area contributed by atoms with Crippen molar-refractivity contribution in [3.05, 3.63) is 64.0 Å². The summed E-state index contributed by atoms with van der Waals surface area (Å²) in [6, 6.07) is 9.25. The minimum atomic E-state index is -1.11. The first kappa shape index (κ1) is 13.7. The fourth-order valence-electron chi connectivity index (χ4n) is 2.35. The molecule has 110 valence electrons. The van der Waals surface area contributed by atoms with Gasteiger partial charge in [0.05, 0.1) is 4.92 Å². The van der Waals surface area contributed by atoms with E-state index >= 15 is 0 Å². The number of nitro groups is 1. The average molecular weight is 297 g/mol. The van der Waals surface area contributed by atoms with E-state index in [1.165, 1.54) is 28.7 Å². The molecule has 0 aliphatic rings. The Morgan fingerprint density at radius 1 is 1.27 bits per heavy atom. The maximum absolute atomic E-state index is 11.6. The first-order valence-corrected chi connectivity index (χ1v) is 6.45. The molecule has 1 aromatic carbocycles. The predicted octanol–water partition coefficient (Wildman–Crippen LogP) is 2.92. The molecule has 0 amide bonds. The molecule has 0 aliphatic carbocycles. The maximum Gasteiger partial charge on any atom is 0.355 e. The Kier molecular flexibility index (Phi) is 3.10. The number of nitrogens with zero attached hydrogens (tertiary/aromatic N) is 3.